The fraction of sp³-hybridized carbons (Fsp3) is 0.143. The van der Waals surface area contributed by atoms with Crippen molar-refractivity contribution in [3.63, 3.8) is 0 Å². The minimum atomic E-state index is -0.0185. The molecule has 1 N–H and O–H groups in total. The van der Waals surface area contributed by atoms with E-state index in [1.54, 1.807) is 18.5 Å². The normalized spacial score (nSPS) is 13.2. The Morgan fingerprint density at radius 3 is 2.25 bits per heavy atom. The Balaban J connectivity index is 0.000000120. The number of rotatable bonds is 0. The lowest BCUT2D eigenvalue weighted by atomic mass is 10.7. The molecule has 5 nitrogen and oxygen atoms in total. The van der Waals surface area contributed by atoms with Crippen molar-refractivity contribution in [2.45, 2.75) is 0 Å². The first-order chi connectivity index (χ1) is 5.89. The molecule has 0 atom stereocenters. The standard InChI is InChI=1S/C4H4N2.C3H4N2O/c1-2-5-4-6-3-1;6-3-1-4-2-5-3/h1-4H;2H,1H2,(H,4,5,6). The molecular formula is C7H8N4O. The molecule has 0 saturated carbocycles. The Bertz CT molecular complexity index is 223. The zero-order chi connectivity index (χ0) is 8.65. The highest BCUT2D eigenvalue weighted by atomic mass is 16.2. The first-order valence-corrected chi connectivity index (χ1v) is 3.37. The molecule has 0 aliphatic carbocycles. The highest BCUT2D eigenvalue weighted by molar-refractivity contribution is 5.93. The molecule has 0 radical (unpaired) electrons. The van der Waals surface area contributed by atoms with E-state index in [1.807, 2.05) is 0 Å². The predicted octanol–water partition coefficient (Wildman–Crippen LogP) is -0.379. The largest absolute Gasteiger partial charge is 0.316 e. The van der Waals surface area contributed by atoms with Gasteiger partial charge in [-0.05, 0) is 6.07 Å². The summed E-state index contributed by atoms with van der Waals surface area (Å²) in [7, 11) is 0. The highest BCUT2D eigenvalue weighted by Crippen LogP contribution is 1.73. The van der Waals surface area contributed by atoms with Crippen molar-refractivity contribution in [2.24, 2.45) is 4.99 Å². The van der Waals surface area contributed by atoms with E-state index in [0.29, 0.717) is 6.54 Å². The summed E-state index contributed by atoms with van der Waals surface area (Å²) in [6.07, 6.45) is 6.28. The summed E-state index contributed by atoms with van der Waals surface area (Å²) in [5.41, 5.74) is 0. The van der Waals surface area contributed by atoms with Crippen LogP contribution in [0.1, 0.15) is 0 Å². The van der Waals surface area contributed by atoms with Gasteiger partial charge in [-0.15, -0.1) is 0 Å². The van der Waals surface area contributed by atoms with Crippen LogP contribution in [0.25, 0.3) is 0 Å². The lowest BCUT2D eigenvalue weighted by molar-refractivity contribution is -0.117. The molecule has 1 aliphatic rings. The molecule has 0 unspecified atom stereocenters. The number of nitrogens with zero attached hydrogens (tertiary/aromatic N) is 3. The maximum atomic E-state index is 10.0. The van der Waals surface area contributed by atoms with Crippen LogP contribution in [0.5, 0.6) is 0 Å². The summed E-state index contributed by atoms with van der Waals surface area (Å²) in [6.45, 7) is 0.306. The Labute approximate surface area is 69.6 Å². The highest BCUT2D eigenvalue weighted by Gasteiger charge is 1.98. The minimum Gasteiger partial charge on any atom is -0.316 e. The maximum Gasteiger partial charge on any atom is 0.246 e. The number of hydrogen-bond donors (Lipinski definition) is 1. The number of nitrogens with one attached hydrogen (secondary N) is 1. The Kier molecular flexibility index (Phi) is 3.43. The van der Waals surface area contributed by atoms with E-state index < -0.39 is 0 Å². The number of hydrogen-bond acceptors (Lipinski definition) is 4. The van der Waals surface area contributed by atoms with Crippen LogP contribution in [-0.2, 0) is 4.79 Å². The Hall–Kier alpha value is -1.78. The molecular weight excluding hydrogens is 156 g/mol. The number of aromatic nitrogens is 2. The van der Waals surface area contributed by atoms with Gasteiger partial charge in [-0.1, -0.05) is 0 Å². The van der Waals surface area contributed by atoms with E-state index in [0.717, 1.165) is 0 Å². The number of carbonyl (C=O) groups is 1. The van der Waals surface area contributed by atoms with E-state index in [9.17, 15) is 4.79 Å². The van der Waals surface area contributed by atoms with Gasteiger partial charge in [-0.3, -0.25) is 9.79 Å². The molecule has 2 heterocycles. The minimum absolute atomic E-state index is 0.0185. The smallest absolute Gasteiger partial charge is 0.246 e. The molecule has 2 rings (SSSR count). The second-order valence-electron chi connectivity index (χ2n) is 1.94. The maximum absolute atomic E-state index is 10.0. The van der Waals surface area contributed by atoms with Crippen molar-refractivity contribution in [2.75, 3.05) is 6.54 Å². The summed E-state index contributed by atoms with van der Waals surface area (Å²) in [5.74, 6) is -0.0185. The predicted molar refractivity (Wildman–Crippen MR) is 43.5 cm³/mol. The Morgan fingerprint density at radius 2 is 2.08 bits per heavy atom. The molecule has 0 spiro atoms. The van der Waals surface area contributed by atoms with Gasteiger partial charge in [0.05, 0.1) is 6.34 Å². The van der Waals surface area contributed by atoms with Crippen LogP contribution in [0.15, 0.2) is 29.8 Å². The molecule has 1 aromatic rings. The monoisotopic (exact) mass is 164 g/mol. The third kappa shape index (κ3) is 3.40. The molecule has 1 aliphatic heterocycles. The fourth-order valence-electron chi connectivity index (χ4n) is 0.545. The van der Waals surface area contributed by atoms with Crippen LogP contribution in [0.2, 0.25) is 0 Å². The average Bonchev–Trinajstić information content (AvgIpc) is 2.60. The summed E-state index contributed by atoms with van der Waals surface area (Å²) >= 11 is 0. The van der Waals surface area contributed by atoms with Crippen molar-refractivity contribution in [1.29, 1.82) is 0 Å². The summed E-state index contributed by atoms with van der Waals surface area (Å²) in [4.78, 5) is 20.9. The van der Waals surface area contributed by atoms with Gasteiger partial charge in [0.2, 0.25) is 5.91 Å². The van der Waals surface area contributed by atoms with Gasteiger partial charge < -0.3 is 5.32 Å². The van der Waals surface area contributed by atoms with Crippen molar-refractivity contribution in [3.8, 4) is 0 Å². The van der Waals surface area contributed by atoms with Gasteiger partial charge in [0, 0.05) is 12.4 Å². The summed E-state index contributed by atoms with van der Waals surface area (Å²) < 4.78 is 0. The molecule has 1 aromatic heterocycles. The molecule has 62 valence electrons. The molecule has 12 heavy (non-hydrogen) atoms. The summed E-state index contributed by atoms with van der Waals surface area (Å²) in [6, 6.07) is 1.78. The van der Waals surface area contributed by atoms with Crippen LogP contribution < -0.4 is 5.32 Å². The molecule has 5 heteroatoms. The van der Waals surface area contributed by atoms with Crippen LogP contribution in [0.4, 0.5) is 0 Å². The van der Waals surface area contributed by atoms with Crippen molar-refractivity contribution in [3.05, 3.63) is 24.8 Å². The first kappa shape index (κ1) is 8.32. The Morgan fingerprint density at radius 1 is 1.33 bits per heavy atom. The zero-order valence-electron chi connectivity index (χ0n) is 6.34. The van der Waals surface area contributed by atoms with E-state index >= 15 is 0 Å². The molecule has 0 fully saturated rings. The third-order valence-electron chi connectivity index (χ3n) is 1.03. The first-order valence-electron chi connectivity index (χ1n) is 3.37. The zero-order valence-corrected chi connectivity index (χ0v) is 6.34. The summed E-state index contributed by atoms with van der Waals surface area (Å²) in [5, 5.41) is 2.39. The average molecular weight is 164 g/mol. The van der Waals surface area contributed by atoms with Crippen LogP contribution in [-0.4, -0.2) is 28.8 Å². The lowest BCUT2D eigenvalue weighted by Gasteiger charge is -1.76. The van der Waals surface area contributed by atoms with Gasteiger partial charge in [-0.25, -0.2) is 9.97 Å². The second kappa shape index (κ2) is 4.95. The molecule has 0 aromatic carbocycles. The van der Waals surface area contributed by atoms with Crippen LogP contribution in [0.3, 0.4) is 0 Å². The van der Waals surface area contributed by atoms with Gasteiger partial charge in [-0.2, -0.15) is 0 Å². The number of carbonyl (C=O) groups excluding carboxylic acids is 1. The van der Waals surface area contributed by atoms with Crippen molar-refractivity contribution < 1.29 is 4.79 Å². The van der Waals surface area contributed by atoms with Gasteiger partial charge in [0.1, 0.15) is 12.9 Å². The van der Waals surface area contributed by atoms with Gasteiger partial charge in [0.25, 0.3) is 0 Å². The van der Waals surface area contributed by atoms with Crippen molar-refractivity contribution >= 4 is 12.2 Å². The SMILES string of the molecule is O=C1CN=CN1.c1cncnc1. The lowest BCUT2D eigenvalue weighted by Crippen LogP contribution is -2.15. The van der Waals surface area contributed by atoms with Gasteiger partial charge >= 0.3 is 0 Å². The van der Waals surface area contributed by atoms with E-state index in [2.05, 4.69) is 20.3 Å². The quantitative estimate of drug-likeness (QED) is 0.568. The second-order valence-corrected chi connectivity index (χ2v) is 1.94. The fourth-order valence-corrected chi connectivity index (χ4v) is 0.545. The van der Waals surface area contributed by atoms with Crippen molar-refractivity contribution in [1.82, 2.24) is 15.3 Å². The van der Waals surface area contributed by atoms with Crippen LogP contribution >= 0.6 is 0 Å². The van der Waals surface area contributed by atoms with E-state index in [-0.39, 0.29) is 5.91 Å². The topological polar surface area (TPSA) is 67.2 Å². The number of amides is 1. The van der Waals surface area contributed by atoms with E-state index in [4.69, 9.17) is 0 Å². The number of aliphatic imine (C=N–C) groups is 1. The molecule has 1 amide bonds. The molecule has 0 bridgehead atoms. The van der Waals surface area contributed by atoms with Gasteiger partial charge in [0.15, 0.2) is 0 Å². The molecule has 0 saturated heterocycles. The van der Waals surface area contributed by atoms with Crippen LogP contribution in [0, 0.1) is 0 Å². The third-order valence-corrected chi connectivity index (χ3v) is 1.03. The van der Waals surface area contributed by atoms with E-state index in [1.165, 1.54) is 12.7 Å².